The second-order valence-electron chi connectivity index (χ2n) is 5.46. The van der Waals surface area contributed by atoms with E-state index in [0.29, 0.717) is 12.5 Å². The van der Waals surface area contributed by atoms with Crippen molar-refractivity contribution >= 4 is 5.91 Å². The zero-order valence-electron chi connectivity index (χ0n) is 11.0. The van der Waals surface area contributed by atoms with Crippen LogP contribution in [0.4, 0.5) is 0 Å². The molecule has 0 saturated carbocycles. The summed E-state index contributed by atoms with van der Waals surface area (Å²) in [6.45, 7) is 3.80. The van der Waals surface area contributed by atoms with E-state index in [9.17, 15) is 9.90 Å². The van der Waals surface area contributed by atoms with Crippen LogP contribution in [0.3, 0.4) is 0 Å². The van der Waals surface area contributed by atoms with Gasteiger partial charge >= 0.3 is 0 Å². The Balaban J connectivity index is 1.81. The highest BCUT2D eigenvalue weighted by molar-refractivity contribution is 5.81. The number of ether oxygens (including phenoxy) is 1. The Labute approximate surface area is 108 Å². The van der Waals surface area contributed by atoms with Crippen molar-refractivity contribution in [3.63, 3.8) is 0 Å². The molecule has 0 aromatic rings. The van der Waals surface area contributed by atoms with Crippen molar-refractivity contribution in [2.75, 3.05) is 19.6 Å². The van der Waals surface area contributed by atoms with Crippen molar-refractivity contribution < 1.29 is 14.6 Å². The Morgan fingerprint density at radius 3 is 2.56 bits per heavy atom. The average molecular weight is 256 g/mol. The number of carbonyl (C=O) groups excluding carboxylic acids is 1. The van der Waals surface area contributed by atoms with E-state index in [0.717, 1.165) is 38.8 Å². The van der Waals surface area contributed by atoms with Crippen LogP contribution in [0.5, 0.6) is 0 Å². The smallest absolute Gasteiger partial charge is 0.251 e. The fourth-order valence-electron chi connectivity index (χ4n) is 2.87. The van der Waals surface area contributed by atoms with Gasteiger partial charge in [-0.15, -0.1) is 0 Å². The molecule has 0 aromatic carbocycles. The lowest BCUT2D eigenvalue weighted by Crippen LogP contribution is -2.45. The molecule has 104 valence electrons. The van der Waals surface area contributed by atoms with Gasteiger partial charge in [0.15, 0.2) is 0 Å². The molecule has 2 aliphatic heterocycles. The predicted octanol–water partition coefficient (Wildman–Crippen LogP) is 0.112. The first-order valence-electron chi connectivity index (χ1n) is 6.94. The number of aliphatic hydroxyl groups excluding tert-OH is 1. The third kappa shape index (κ3) is 3.02. The Morgan fingerprint density at radius 2 is 2.06 bits per heavy atom. The molecule has 2 fully saturated rings. The van der Waals surface area contributed by atoms with E-state index in [1.54, 1.807) is 0 Å². The van der Waals surface area contributed by atoms with E-state index in [2.05, 4.69) is 0 Å². The van der Waals surface area contributed by atoms with Gasteiger partial charge in [0.2, 0.25) is 0 Å². The van der Waals surface area contributed by atoms with Crippen LogP contribution >= 0.6 is 0 Å². The molecule has 0 spiro atoms. The van der Waals surface area contributed by atoms with Crippen LogP contribution < -0.4 is 5.73 Å². The standard InChI is InChI=1S/C13H24N2O3/c1-9(16)10-4-6-15(7-5-10)13(17)12-3-2-11(8-14)18-12/h9-12,16H,2-8,14H2,1H3/t9?,11-,12+/m1/s1. The van der Waals surface area contributed by atoms with Crippen LogP contribution in [0.2, 0.25) is 0 Å². The summed E-state index contributed by atoms with van der Waals surface area (Å²) < 4.78 is 5.63. The van der Waals surface area contributed by atoms with Crippen molar-refractivity contribution in [2.24, 2.45) is 11.7 Å². The van der Waals surface area contributed by atoms with Crippen molar-refractivity contribution in [2.45, 2.75) is 50.9 Å². The number of likely N-dealkylation sites (tertiary alicyclic amines) is 1. The Hall–Kier alpha value is -0.650. The predicted molar refractivity (Wildman–Crippen MR) is 67.9 cm³/mol. The molecule has 2 aliphatic rings. The van der Waals surface area contributed by atoms with Gasteiger partial charge in [0.25, 0.3) is 5.91 Å². The van der Waals surface area contributed by atoms with E-state index in [4.69, 9.17) is 10.5 Å². The molecule has 3 atom stereocenters. The lowest BCUT2D eigenvalue weighted by Gasteiger charge is -2.34. The number of hydrogen-bond acceptors (Lipinski definition) is 4. The molecule has 5 heteroatoms. The molecular formula is C13H24N2O3. The molecule has 2 rings (SSSR count). The van der Waals surface area contributed by atoms with Crippen LogP contribution in [0.25, 0.3) is 0 Å². The van der Waals surface area contributed by atoms with Gasteiger partial charge in [-0.3, -0.25) is 4.79 Å². The SMILES string of the molecule is CC(O)C1CCN(C(=O)[C@@H]2CC[C@H](CN)O2)CC1. The Morgan fingerprint density at radius 1 is 1.39 bits per heavy atom. The number of carbonyl (C=O) groups is 1. The van der Waals surface area contributed by atoms with E-state index < -0.39 is 0 Å². The normalized spacial score (nSPS) is 31.6. The van der Waals surface area contributed by atoms with Gasteiger partial charge in [-0.25, -0.2) is 0 Å². The molecule has 2 saturated heterocycles. The molecule has 0 aromatic heterocycles. The third-order valence-corrected chi connectivity index (χ3v) is 4.18. The van der Waals surface area contributed by atoms with Crippen molar-refractivity contribution in [1.29, 1.82) is 0 Å². The summed E-state index contributed by atoms with van der Waals surface area (Å²) in [6, 6.07) is 0. The van der Waals surface area contributed by atoms with Gasteiger partial charge < -0.3 is 20.5 Å². The van der Waals surface area contributed by atoms with Crippen molar-refractivity contribution in [3.05, 3.63) is 0 Å². The topological polar surface area (TPSA) is 75.8 Å². The van der Waals surface area contributed by atoms with Gasteiger partial charge in [0.1, 0.15) is 6.10 Å². The summed E-state index contributed by atoms with van der Waals surface area (Å²) in [7, 11) is 0. The Kier molecular flexibility index (Phi) is 4.59. The Bertz CT molecular complexity index is 288. The average Bonchev–Trinajstić information content (AvgIpc) is 2.86. The van der Waals surface area contributed by atoms with E-state index in [1.165, 1.54) is 0 Å². The highest BCUT2D eigenvalue weighted by Crippen LogP contribution is 2.25. The largest absolute Gasteiger partial charge is 0.393 e. The quantitative estimate of drug-likeness (QED) is 0.751. The fraction of sp³-hybridized carbons (Fsp3) is 0.923. The van der Waals surface area contributed by atoms with Crippen LogP contribution in [-0.2, 0) is 9.53 Å². The highest BCUT2D eigenvalue weighted by atomic mass is 16.5. The summed E-state index contributed by atoms with van der Waals surface area (Å²) in [5.74, 6) is 0.435. The minimum absolute atomic E-state index is 0.0500. The molecule has 2 heterocycles. The van der Waals surface area contributed by atoms with E-state index in [-0.39, 0.29) is 24.2 Å². The van der Waals surface area contributed by atoms with Gasteiger partial charge in [-0.05, 0) is 38.5 Å². The number of nitrogens with zero attached hydrogens (tertiary/aromatic N) is 1. The maximum absolute atomic E-state index is 12.2. The van der Waals surface area contributed by atoms with Gasteiger partial charge in [0.05, 0.1) is 12.2 Å². The number of aliphatic hydroxyl groups is 1. The molecule has 0 aliphatic carbocycles. The molecule has 0 bridgehead atoms. The van der Waals surface area contributed by atoms with Gasteiger partial charge in [-0.2, -0.15) is 0 Å². The van der Waals surface area contributed by atoms with Crippen LogP contribution in [0.1, 0.15) is 32.6 Å². The first kappa shape index (κ1) is 13.8. The highest BCUT2D eigenvalue weighted by Gasteiger charge is 2.34. The van der Waals surface area contributed by atoms with E-state index >= 15 is 0 Å². The van der Waals surface area contributed by atoms with Crippen LogP contribution in [-0.4, -0.2) is 53.9 Å². The number of nitrogens with two attached hydrogens (primary N) is 1. The first-order chi connectivity index (χ1) is 8.61. The fourth-order valence-corrected chi connectivity index (χ4v) is 2.87. The van der Waals surface area contributed by atoms with Gasteiger partial charge in [-0.1, -0.05) is 0 Å². The summed E-state index contributed by atoms with van der Waals surface area (Å²) in [6.07, 6.45) is 2.93. The lowest BCUT2D eigenvalue weighted by atomic mass is 9.92. The molecule has 18 heavy (non-hydrogen) atoms. The third-order valence-electron chi connectivity index (χ3n) is 4.18. The molecule has 1 unspecified atom stereocenters. The minimum Gasteiger partial charge on any atom is -0.393 e. The number of amides is 1. The molecular weight excluding hydrogens is 232 g/mol. The maximum Gasteiger partial charge on any atom is 0.251 e. The number of hydrogen-bond donors (Lipinski definition) is 2. The first-order valence-corrected chi connectivity index (χ1v) is 6.94. The number of rotatable bonds is 3. The van der Waals surface area contributed by atoms with E-state index in [1.807, 2.05) is 11.8 Å². The summed E-state index contributed by atoms with van der Waals surface area (Å²) >= 11 is 0. The number of piperidine rings is 1. The monoisotopic (exact) mass is 256 g/mol. The van der Waals surface area contributed by atoms with Crippen molar-refractivity contribution in [1.82, 2.24) is 4.90 Å². The summed E-state index contributed by atoms with van der Waals surface area (Å²) in [5, 5.41) is 9.54. The second-order valence-corrected chi connectivity index (χ2v) is 5.46. The molecule has 3 N–H and O–H groups in total. The zero-order valence-corrected chi connectivity index (χ0v) is 11.0. The lowest BCUT2D eigenvalue weighted by molar-refractivity contribution is -0.144. The molecule has 1 amide bonds. The second kappa shape index (κ2) is 5.99. The maximum atomic E-state index is 12.2. The summed E-state index contributed by atoms with van der Waals surface area (Å²) in [4.78, 5) is 14.1. The van der Waals surface area contributed by atoms with Gasteiger partial charge in [0, 0.05) is 19.6 Å². The summed E-state index contributed by atoms with van der Waals surface area (Å²) in [5.41, 5.74) is 5.55. The minimum atomic E-state index is -0.290. The molecule has 5 nitrogen and oxygen atoms in total. The van der Waals surface area contributed by atoms with Crippen LogP contribution in [0, 0.1) is 5.92 Å². The molecule has 0 radical (unpaired) electrons. The van der Waals surface area contributed by atoms with Crippen molar-refractivity contribution in [3.8, 4) is 0 Å². The zero-order chi connectivity index (χ0) is 13.1. The van der Waals surface area contributed by atoms with Crippen LogP contribution in [0.15, 0.2) is 0 Å².